The van der Waals surface area contributed by atoms with E-state index in [0.29, 0.717) is 6.61 Å². The van der Waals surface area contributed by atoms with Gasteiger partial charge in [-0.15, -0.1) is 0 Å². The molecule has 7 heteroatoms. The number of aryl methyl sites for hydroxylation is 1. The van der Waals surface area contributed by atoms with Gasteiger partial charge in [-0.05, 0) is 43.7 Å². The van der Waals surface area contributed by atoms with Gasteiger partial charge in [0, 0.05) is 26.2 Å². The lowest BCUT2D eigenvalue weighted by molar-refractivity contribution is 0.344. The maximum atomic E-state index is 5.74. The number of fused-ring (bicyclic) bond motifs is 2. The summed E-state index contributed by atoms with van der Waals surface area (Å²) in [6.07, 6.45) is 0. The van der Waals surface area contributed by atoms with E-state index in [2.05, 4.69) is 41.0 Å². The van der Waals surface area contributed by atoms with Crippen LogP contribution in [0.3, 0.4) is 0 Å². The zero-order chi connectivity index (χ0) is 19.1. The Bertz CT molecular complexity index is 1130. The van der Waals surface area contributed by atoms with Crippen molar-refractivity contribution in [3.63, 3.8) is 0 Å². The van der Waals surface area contributed by atoms with Crippen molar-refractivity contribution in [2.45, 2.75) is 13.8 Å². The minimum absolute atomic E-state index is 0.659. The summed E-state index contributed by atoms with van der Waals surface area (Å²) in [7, 11) is 0. The second kappa shape index (κ2) is 7.22. The molecular formula is C21H22N4OS2. The topological polar surface area (TPSA) is 41.5 Å². The van der Waals surface area contributed by atoms with Gasteiger partial charge < -0.3 is 14.5 Å². The van der Waals surface area contributed by atoms with Gasteiger partial charge in [-0.25, -0.2) is 9.97 Å². The molecule has 4 aromatic rings. The molecule has 1 saturated heterocycles. The monoisotopic (exact) mass is 410 g/mol. The Morgan fingerprint density at radius 2 is 1.64 bits per heavy atom. The highest BCUT2D eigenvalue weighted by Gasteiger charge is 2.22. The molecule has 3 heterocycles. The summed E-state index contributed by atoms with van der Waals surface area (Å²) in [5.41, 5.74) is 3.37. The lowest BCUT2D eigenvalue weighted by Gasteiger charge is -2.34. The highest BCUT2D eigenvalue weighted by Crippen LogP contribution is 2.35. The fourth-order valence-electron chi connectivity index (χ4n) is 3.56. The van der Waals surface area contributed by atoms with Crippen LogP contribution in [0.15, 0.2) is 36.4 Å². The van der Waals surface area contributed by atoms with Gasteiger partial charge in [-0.3, -0.25) is 0 Å². The third-order valence-corrected chi connectivity index (χ3v) is 7.18. The van der Waals surface area contributed by atoms with Crippen LogP contribution in [-0.2, 0) is 0 Å². The number of thiazole rings is 2. The number of benzene rings is 2. The molecule has 1 aliphatic heterocycles. The maximum Gasteiger partial charge on any atom is 0.186 e. The Balaban J connectivity index is 1.34. The molecule has 0 radical (unpaired) electrons. The zero-order valence-corrected chi connectivity index (χ0v) is 17.6. The number of ether oxygens (including phenoxy) is 1. The van der Waals surface area contributed by atoms with Gasteiger partial charge in [0.25, 0.3) is 0 Å². The lowest BCUT2D eigenvalue weighted by atomic mass is 10.2. The van der Waals surface area contributed by atoms with Crippen molar-refractivity contribution in [3.05, 3.63) is 42.0 Å². The summed E-state index contributed by atoms with van der Waals surface area (Å²) >= 11 is 3.54. The summed E-state index contributed by atoms with van der Waals surface area (Å²) in [5, 5.41) is 2.21. The molecule has 0 amide bonds. The number of piperazine rings is 1. The van der Waals surface area contributed by atoms with Crippen molar-refractivity contribution < 1.29 is 4.74 Å². The van der Waals surface area contributed by atoms with Crippen LogP contribution in [0.5, 0.6) is 5.75 Å². The maximum absolute atomic E-state index is 5.74. The summed E-state index contributed by atoms with van der Waals surface area (Å²) in [4.78, 5) is 14.5. The third-order valence-electron chi connectivity index (χ3n) is 5.02. The quantitative estimate of drug-likeness (QED) is 0.477. The Kier molecular flexibility index (Phi) is 4.56. The molecule has 2 aromatic carbocycles. The number of aromatic nitrogens is 2. The van der Waals surface area contributed by atoms with E-state index >= 15 is 0 Å². The second-order valence-corrected chi connectivity index (χ2v) is 8.99. The van der Waals surface area contributed by atoms with Crippen LogP contribution in [-0.4, -0.2) is 42.8 Å². The van der Waals surface area contributed by atoms with Gasteiger partial charge in [0.15, 0.2) is 10.3 Å². The molecule has 2 aromatic heterocycles. The first kappa shape index (κ1) is 17.7. The molecule has 5 nitrogen and oxygen atoms in total. The minimum Gasteiger partial charge on any atom is -0.492 e. The standard InChI is InChI=1S/C21H22N4OS2/c1-3-26-16-5-4-6-17-19(16)23-21(27-17)25-11-9-24(10-12-25)20-22-15-8-7-14(2)13-18(15)28-20/h4-8,13H,3,9-12H2,1-2H3. The highest BCUT2D eigenvalue weighted by atomic mass is 32.1. The number of hydrogen-bond acceptors (Lipinski definition) is 7. The fourth-order valence-corrected chi connectivity index (χ4v) is 5.71. The molecule has 144 valence electrons. The SMILES string of the molecule is CCOc1cccc2sc(N3CCN(c4nc5ccc(C)cc5s4)CC3)nc12. The normalized spacial score (nSPS) is 14.9. The first-order valence-corrected chi connectivity index (χ1v) is 11.2. The predicted molar refractivity (Wildman–Crippen MR) is 120 cm³/mol. The fraction of sp³-hybridized carbons (Fsp3) is 0.333. The van der Waals surface area contributed by atoms with E-state index in [-0.39, 0.29) is 0 Å². The van der Waals surface area contributed by atoms with E-state index < -0.39 is 0 Å². The summed E-state index contributed by atoms with van der Waals surface area (Å²) in [6.45, 7) is 8.64. The summed E-state index contributed by atoms with van der Waals surface area (Å²) in [6, 6.07) is 12.7. The van der Waals surface area contributed by atoms with Crippen molar-refractivity contribution in [3.8, 4) is 5.75 Å². The van der Waals surface area contributed by atoms with Crippen molar-refractivity contribution in [1.29, 1.82) is 0 Å². The summed E-state index contributed by atoms with van der Waals surface area (Å²) < 4.78 is 8.20. The Labute approximate surface area is 172 Å². The molecule has 0 aliphatic carbocycles. The van der Waals surface area contributed by atoms with Crippen LogP contribution in [0.2, 0.25) is 0 Å². The Morgan fingerprint density at radius 3 is 2.39 bits per heavy atom. The number of anilines is 2. The smallest absolute Gasteiger partial charge is 0.186 e. The largest absolute Gasteiger partial charge is 0.492 e. The van der Waals surface area contributed by atoms with Crippen LogP contribution >= 0.6 is 22.7 Å². The van der Waals surface area contributed by atoms with Crippen molar-refractivity contribution in [1.82, 2.24) is 9.97 Å². The van der Waals surface area contributed by atoms with Gasteiger partial charge in [-0.2, -0.15) is 0 Å². The Hall–Kier alpha value is -2.38. The molecule has 0 saturated carbocycles. The molecule has 5 rings (SSSR count). The van der Waals surface area contributed by atoms with E-state index in [1.165, 1.54) is 15.0 Å². The molecule has 0 bridgehead atoms. The first-order chi connectivity index (χ1) is 13.7. The van der Waals surface area contributed by atoms with E-state index in [1.807, 2.05) is 19.1 Å². The first-order valence-electron chi connectivity index (χ1n) is 9.61. The predicted octanol–water partition coefficient (Wildman–Crippen LogP) is 4.94. The lowest BCUT2D eigenvalue weighted by Crippen LogP contribution is -2.46. The van der Waals surface area contributed by atoms with Crippen molar-refractivity contribution in [2.24, 2.45) is 0 Å². The van der Waals surface area contributed by atoms with Crippen LogP contribution in [0, 0.1) is 6.92 Å². The van der Waals surface area contributed by atoms with Gasteiger partial charge in [0.2, 0.25) is 0 Å². The number of para-hydroxylation sites is 1. The van der Waals surface area contributed by atoms with E-state index in [4.69, 9.17) is 14.7 Å². The van der Waals surface area contributed by atoms with Gasteiger partial charge >= 0.3 is 0 Å². The second-order valence-electron chi connectivity index (χ2n) is 6.97. The van der Waals surface area contributed by atoms with Crippen molar-refractivity contribution in [2.75, 3.05) is 42.6 Å². The molecule has 0 atom stereocenters. The molecule has 0 unspecified atom stereocenters. The van der Waals surface area contributed by atoms with Crippen molar-refractivity contribution >= 4 is 53.4 Å². The van der Waals surface area contributed by atoms with Crippen LogP contribution < -0.4 is 14.5 Å². The van der Waals surface area contributed by atoms with Crippen LogP contribution in [0.1, 0.15) is 12.5 Å². The average molecular weight is 411 g/mol. The summed E-state index contributed by atoms with van der Waals surface area (Å²) in [5.74, 6) is 0.880. The van der Waals surface area contributed by atoms with Crippen LogP contribution in [0.4, 0.5) is 10.3 Å². The van der Waals surface area contributed by atoms with Gasteiger partial charge in [0.05, 0.1) is 21.5 Å². The number of rotatable bonds is 4. The van der Waals surface area contributed by atoms with Gasteiger partial charge in [-0.1, -0.05) is 34.8 Å². The van der Waals surface area contributed by atoms with E-state index in [9.17, 15) is 0 Å². The molecule has 0 spiro atoms. The zero-order valence-electron chi connectivity index (χ0n) is 16.0. The van der Waals surface area contributed by atoms with Gasteiger partial charge in [0.1, 0.15) is 11.3 Å². The number of nitrogens with zero attached hydrogens (tertiary/aromatic N) is 4. The highest BCUT2D eigenvalue weighted by molar-refractivity contribution is 7.22. The molecular weight excluding hydrogens is 388 g/mol. The number of hydrogen-bond donors (Lipinski definition) is 0. The molecule has 0 N–H and O–H groups in total. The third kappa shape index (κ3) is 3.18. The van der Waals surface area contributed by atoms with E-state index in [1.54, 1.807) is 22.7 Å². The van der Waals surface area contributed by atoms with E-state index in [0.717, 1.165) is 53.2 Å². The average Bonchev–Trinajstić information content (AvgIpc) is 3.33. The molecule has 1 fully saturated rings. The molecule has 28 heavy (non-hydrogen) atoms. The minimum atomic E-state index is 0.659. The Morgan fingerprint density at radius 1 is 0.929 bits per heavy atom. The molecule has 1 aliphatic rings. The van der Waals surface area contributed by atoms with Crippen LogP contribution in [0.25, 0.3) is 20.4 Å².